The number of anilines is 1. The molecule has 0 N–H and O–H groups in total. The van der Waals surface area contributed by atoms with Crippen molar-refractivity contribution in [3.8, 4) is 0 Å². The Morgan fingerprint density at radius 1 is 1.13 bits per heavy atom. The maximum atomic E-state index is 14.3. The highest BCUT2D eigenvalue weighted by molar-refractivity contribution is 5.93. The van der Waals surface area contributed by atoms with Crippen LogP contribution in [0.2, 0.25) is 0 Å². The molecule has 0 spiro atoms. The van der Waals surface area contributed by atoms with Gasteiger partial charge >= 0.3 is 0 Å². The predicted molar refractivity (Wildman–Crippen MR) is 110 cm³/mol. The number of hydrogen-bond acceptors (Lipinski definition) is 5. The Hall–Kier alpha value is -3.22. The van der Waals surface area contributed by atoms with E-state index in [2.05, 4.69) is 29.2 Å². The molecule has 0 bridgehead atoms. The molecule has 4 heterocycles. The smallest absolute Gasteiger partial charge is 0.276 e. The van der Waals surface area contributed by atoms with Gasteiger partial charge in [0.25, 0.3) is 5.91 Å². The highest BCUT2D eigenvalue weighted by atomic mass is 19.1. The van der Waals surface area contributed by atoms with Crippen LogP contribution >= 0.6 is 0 Å². The molecular formula is C23H23FN4O2. The Morgan fingerprint density at radius 3 is 2.70 bits per heavy atom. The molecule has 2 fully saturated rings. The van der Waals surface area contributed by atoms with Crippen molar-refractivity contribution in [2.75, 3.05) is 24.5 Å². The number of halogens is 1. The van der Waals surface area contributed by atoms with E-state index in [9.17, 15) is 9.18 Å². The number of benzene rings is 1. The van der Waals surface area contributed by atoms with Gasteiger partial charge in [0, 0.05) is 43.7 Å². The number of likely N-dealkylation sites (tertiary alicyclic amines) is 1. The van der Waals surface area contributed by atoms with Crippen LogP contribution in [0.5, 0.6) is 0 Å². The summed E-state index contributed by atoms with van der Waals surface area (Å²) in [7, 11) is 0. The zero-order valence-corrected chi connectivity index (χ0v) is 17.0. The average Bonchev–Trinajstić information content (AvgIpc) is 3.43. The van der Waals surface area contributed by atoms with Gasteiger partial charge in [0.05, 0.1) is 6.04 Å². The lowest BCUT2D eigenvalue weighted by molar-refractivity contribution is 0.0704. The van der Waals surface area contributed by atoms with Crippen molar-refractivity contribution in [2.45, 2.75) is 19.9 Å². The maximum Gasteiger partial charge on any atom is 0.276 e. The van der Waals surface area contributed by atoms with E-state index in [-0.39, 0.29) is 29.6 Å². The second kappa shape index (κ2) is 7.23. The lowest BCUT2D eigenvalue weighted by atomic mass is 9.87. The van der Waals surface area contributed by atoms with Crippen LogP contribution in [-0.2, 0) is 0 Å². The Bertz CT molecular complexity index is 1100. The third-order valence-electron chi connectivity index (χ3n) is 6.32. The van der Waals surface area contributed by atoms with E-state index in [0.717, 1.165) is 11.1 Å². The Morgan fingerprint density at radius 2 is 1.97 bits per heavy atom. The highest BCUT2D eigenvalue weighted by Crippen LogP contribution is 2.47. The molecule has 5 rings (SSSR count). The first-order valence-corrected chi connectivity index (χ1v) is 10.2. The zero-order valence-electron chi connectivity index (χ0n) is 17.0. The summed E-state index contributed by atoms with van der Waals surface area (Å²) in [6, 6.07) is 12.8. The minimum Gasteiger partial charge on any atom is -0.361 e. The standard InChI is InChI=1S/C23H23FN4O2/c1-14-6-3-4-7-17(14)21-18-13-27(22-19(24)8-5-9-25-22)11-16(18)12-28(21)23(29)20-10-15(2)30-26-20/h3-10,16,18,21H,11-13H2,1-2H3/t16-,18-,21+/m0/s1. The summed E-state index contributed by atoms with van der Waals surface area (Å²) in [5.74, 6) is 0.987. The van der Waals surface area contributed by atoms with Crippen LogP contribution in [0.4, 0.5) is 10.2 Å². The second-order valence-corrected chi connectivity index (χ2v) is 8.22. The molecule has 30 heavy (non-hydrogen) atoms. The number of amides is 1. The average molecular weight is 406 g/mol. The van der Waals surface area contributed by atoms with Crippen LogP contribution in [0, 0.1) is 31.5 Å². The van der Waals surface area contributed by atoms with Gasteiger partial charge in [-0.2, -0.15) is 0 Å². The summed E-state index contributed by atoms with van der Waals surface area (Å²) >= 11 is 0. The number of aromatic nitrogens is 2. The van der Waals surface area contributed by atoms with E-state index in [4.69, 9.17) is 4.52 Å². The number of rotatable bonds is 3. The number of aryl methyl sites for hydroxylation is 2. The number of fused-ring (bicyclic) bond motifs is 1. The zero-order chi connectivity index (χ0) is 20.8. The molecule has 2 aliphatic rings. The topological polar surface area (TPSA) is 62.5 Å². The van der Waals surface area contributed by atoms with Gasteiger partial charge in [0.15, 0.2) is 17.3 Å². The summed E-state index contributed by atoms with van der Waals surface area (Å²) in [4.78, 5) is 21.5. The third-order valence-corrected chi connectivity index (χ3v) is 6.32. The van der Waals surface area contributed by atoms with Gasteiger partial charge < -0.3 is 14.3 Å². The van der Waals surface area contributed by atoms with E-state index in [1.165, 1.54) is 6.07 Å². The molecule has 7 heteroatoms. The first-order chi connectivity index (χ1) is 14.5. The fourth-order valence-corrected chi connectivity index (χ4v) is 4.97. The lowest BCUT2D eigenvalue weighted by Gasteiger charge is -2.30. The number of pyridine rings is 1. The molecule has 154 valence electrons. The minimum atomic E-state index is -0.309. The molecular weight excluding hydrogens is 383 g/mol. The number of carbonyl (C=O) groups excluding carboxylic acids is 1. The molecule has 6 nitrogen and oxygen atoms in total. The van der Waals surface area contributed by atoms with Gasteiger partial charge in [-0.05, 0) is 37.1 Å². The van der Waals surface area contributed by atoms with Gasteiger partial charge in [-0.25, -0.2) is 9.37 Å². The SMILES string of the molecule is Cc1cc(C(=O)N2C[C@@H]3CN(c4ncccc4F)C[C@@H]3[C@H]2c2ccccc2C)no1. The Kier molecular flexibility index (Phi) is 4.53. The minimum absolute atomic E-state index is 0.0996. The number of carbonyl (C=O) groups is 1. The van der Waals surface area contributed by atoms with Gasteiger partial charge in [0.1, 0.15) is 5.76 Å². The van der Waals surface area contributed by atoms with E-state index in [1.54, 1.807) is 25.3 Å². The van der Waals surface area contributed by atoms with Gasteiger partial charge in [-0.15, -0.1) is 0 Å². The summed E-state index contributed by atoms with van der Waals surface area (Å²) < 4.78 is 19.5. The van der Waals surface area contributed by atoms with Crippen LogP contribution < -0.4 is 4.90 Å². The van der Waals surface area contributed by atoms with E-state index in [1.807, 2.05) is 21.9 Å². The van der Waals surface area contributed by atoms with Crippen molar-refractivity contribution < 1.29 is 13.7 Å². The first-order valence-electron chi connectivity index (χ1n) is 10.2. The van der Waals surface area contributed by atoms with Crippen molar-refractivity contribution in [1.82, 2.24) is 15.0 Å². The third kappa shape index (κ3) is 3.05. The van der Waals surface area contributed by atoms with Crippen LogP contribution in [0.3, 0.4) is 0 Å². The molecule has 0 unspecified atom stereocenters. The largest absolute Gasteiger partial charge is 0.361 e. The molecule has 0 aliphatic carbocycles. The first kappa shape index (κ1) is 18.8. The van der Waals surface area contributed by atoms with Crippen LogP contribution in [0.15, 0.2) is 53.2 Å². The lowest BCUT2D eigenvalue weighted by Crippen LogP contribution is -2.36. The summed E-state index contributed by atoms with van der Waals surface area (Å²) in [6.45, 7) is 5.76. The normalized spacial score (nSPS) is 23.1. The van der Waals surface area contributed by atoms with Crippen LogP contribution in [0.1, 0.15) is 33.4 Å². The molecule has 0 radical (unpaired) electrons. The Balaban J connectivity index is 1.50. The van der Waals surface area contributed by atoms with Crippen molar-refractivity contribution in [1.29, 1.82) is 0 Å². The van der Waals surface area contributed by atoms with Gasteiger partial charge in [0.2, 0.25) is 0 Å². The molecule has 0 saturated carbocycles. The Labute approximate surface area is 174 Å². The molecule has 3 atom stereocenters. The van der Waals surface area contributed by atoms with Crippen molar-refractivity contribution in [3.05, 3.63) is 77.1 Å². The molecule has 3 aromatic rings. The quantitative estimate of drug-likeness (QED) is 0.663. The van der Waals surface area contributed by atoms with Crippen LogP contribution in [0.25, 0.3) is 0 Å². The van der Waals surface area contributed by atoms with Crippen molar-refractivity contribution in [2.24, 2.45) is 11.8 Å². The highest BCUT2D eigenvalue weighted by Gasteiger charge is 2.50. The molecule has 1 amide bonds. The van der Waals surface area contributed by atoms with E-state index < -0.39 is 0 Å². The van der Waals surface area contributed by atoms with Crippen molar-refractivity contribution in [3.63, 3.8) is 0 Å². The van der Waals surface area contributed by atoms with Gasteiger partial charge in [-0.3, -0.25) is 4.79 Å². The maximum absolute atomic E-state index is 14.3. The fraction of sp³-hybridized carbons (Fsp3) is 0.348. The fourth-order valence-electron chi connectivity index (χ4n) is 4.97. The molecule has 2 aromatic heterocycles. The van der Waals surface area contributed by atoms with Gasteiger partial charge in [-0.1, -0.05) is 29.4 Å². The summed E-state index contributed by atoms with van der Waals surface area (Å²) in [5.41, 5.74) is 2.60. The van der Waals surface area contributed by atoms with E-state index in [0.29, 0.717) is 36.9 Å². The predicted octanol–water partition coefficient (Wildman–Crippen LogP) is 3.78. The van der Waals surface area contributed by atoms with Crippen LogP contribution in [-0.4, -0.2) is 40.6 Å². The number of hydrogen-bond donors (Lipinski definition) is 0. The monoisotopic (exact) mass is 406 g/mol. The van der Waals surface area contributed by atoms with Crippen molar-refractivity contribution >= 4 is 11.7 Å². The molecule has 2 saturated heterocycles. The second-order valence-electron chi connectivity index (χ2n) is 8.22. The number of nitrogens with zero attached hydrogens (tertiary/aromatic N) is 4. The summed E-state index contributed by atoms with van der Waals surface area (Å²) in [6.07, 6.45) is 1.62. The molecule has 2 aliphatic heterocycles. The van der Waals surface area contributed by atoms with E-state index >= 15 is 0 Å². The molecule has 1 aromatic carbocycles. The summed E-state index contributed by atoms with van der Waals surface area (Å²) in [5, 5.41) is 3.94.